The minimum Gasteiger partial charge on any atom is -0.355 e. The molecule has 0 saturated carbocycles. The van der Waals surface area contributed by atoms with E-state index in [0.29, 0.717) is 13.0 Å². The molecule has 0 bridgehead atoms. The monoisotopic (exact) mass is 251 g/mol. The van der Waals surface area contributed by atoms with Gasteiger partial charge in [-0.25, -0.2) is 12.7 Å². The lowest BCUT2D eigenvalue weighted by molar-refractivity contribution is -0.124. The van der Waals surface area contributed by atoms with Crippen molar-refractivity contribution < 1.29 is 13.2 Å². The van der Waals surface area contributed by atoms with Crippen LogP contribution in [-0.4, -0.2) is 51.6 Å². The number of sulfonamides is 1. The van der Waals surface area contributed by atoms with Crippen molar-refractivity contribution >= 4 is 15.9 Å². The summed E-state index contributed by atoms with van der Waals surface area (Å²) < 4.78 is 23.9. The number of nitrogens with zero attached hydrogens (tertiary/aromatic N) is 1. The summed E-state index contributed by atoms with van der Waals surface area (Å²) in [7, 11) is -0.305. The average Bonchev–Trinajstić information content (AvgIpc) is 2.17. The van der Waals surface area contributed by atoms with E-state index in [1.54, 1.807) is 6.92 Å². The highest BCUT2D eigenvalue weighted by molar-refractivity contribution is 7.89. The number of carbonyl (C=O) groups is 1. The Morgan fingerprint density at radius 2 is 2.00 bits per heavy atom. The molecule has 0 heterocycles. The summed E-state index contributed by atoms with van der Waals surface area (Å²) in [6.07, 6.45) is 0.603. The van der Waals surface area contributed by atoms with Crippen LogP contribution in [0.5, 0.6) is 0 Å². The molecule has 0 spiro atoms. The molecule has 16 heavy (non-hydrogen) atoms. The van der Waals surface area contributed by atoms with E-state index in [1.165, 1.54) is 14.1 Å². The molecular weight excluding hydrogens is 230 g/mol. The van der Waals surface area contributed by atoms with E-state index in [0.717, 1.165) is 4.31 Å². The fourth-order valence-corrected chi connectivity index (χ4v) is 1.77. The Morgan fingerprint density at radius 1 is 1.44 bits per heavy atom. The van der Waals surface area contributed by atoms with Crippen LogP contribution < -0.4 is 11.1 Å². The molecule has 0 aliphatic rings. The highest BCUT2D eigenvalue weighted by Crippen LogP contribution is 1.99. The van der Waals surface area contributed by atoms with Crippen LogP contribution in [0.4, 0.5) is 0 Å². The Labute approximate surface area is 97.2 Å². The third kappa shape index (κ3) is 5.43. The van der Waals surface area contributed by atoms with Gasteiger partial charge in [-0.2, -0.15) is 0 Å². The standard InChI is InChI=1S/C9H21N3O3S/c1-8(4-5-10)9(13)11-6-7-16(14,15)12(2)3/h8H,4-7,10H2,1-3H3,(H,11,13). The molecule has 0 aromatic heterocycles. The smallest absolute Gasteiger partial charge is 0.222 e. The quantitative estimate of drug-likeness (QED) is 0.605. The van der Waals surface area contributed by atoms with Gasteiger partial charge in [0.15, 0.2) is 0 Å². The van der Waals surface area contributed by atoms with Crippen LogP contribution in [-0.2, 0) is 14.8 Å². The molecule has 0 saturated heterocycles. The molecule has 0 aromatic carbocycles. The summed E-state index contributed by atoms with van der Waals surface area (Å²) >= 11 is 0. The Morgan fingerprint density at radius 3 is 2.44 bits per heavy atom. The van der Waals surface area contributed by atoms with Gasteiger partial charge in [0.05, 0.1) is 5.75 Å². The molecule has 0 aliphatic carbocycles. The highest BCUT2D eigenvalue weighted by Gasteiger charge is 2.15. The maximum absolute atomic E-state index is 11.4. The first-order valence-electron chi connectivity index (χ1n) is 5.19. The molecule has 0 aliphatic heterocycles. The van der Waals surface area contributed by atoms with Gasteiger partial charge >= 0.3 is 0 Å². The van der Waals surface area contributed by atoms with Crippen molar-refractivity contribution in [2.75, 3.05) is 32.9 Å². The molecule has 1 unspecified atom stereocenters. The van der Waals surface area contributed by atoms with Crippen LogP contribution in [0.2, 0.25) is 0 Å². The van der Waals surface area contributed by atoms with E-state index in [-0.39, 0.29) is 24.1 Å². The molecule has 1 atom stereocenters. The van der Waals surface area contributed by atoms with Gasteiger partial charge in [-0.15, -0.1) is 0 Å². The fourth-order valence-electron chi connectivity index (χ4n) is 1.04. The first-order chi connectivity index (χ1) is 7.31. The summed E-state index contributed by atoms with van der Waals surface area (Å²) in [5.41, 5.74) is 5.32. The van der Waals surface area contributed by atoms with Crippen LogP contribution in [0.1, 0.15) is 13.3 Å². The van der Waals surface area contributed by atoms with Crippen molar-refractivity contribution in [3.8, 4) is 0 Å². The van der Waals surface area contributed by atoms with E-state index in [4.69, 9.17) is 5.73 Å². The minimum atomic E-state index is -3.24. The second kappa shape index (κ2) is 6.82. The third-order valence-corrected chi connectivity index (χ3v) is 4.10. The summed E-state index contributed by atoms with van der Waals surface area (Å²) in [5.74, 6) is -0.410. The summed E-state index contributed by atoms with van der Waals surface area (Å²) in [5, 5.41) is 2.58. The molecule has 0 fully saturated rings. The Balaban J connectivity index is 3.96. The first-order valence-corrected chi connectivity index (χ1v) is 6.80. The molecule has 1 amide bonds. The van der Waals surface area contributed by atoms with Crippen LogP contribution >= 0.6 is 0 Å². The first kappa shape index (κ1) is 15.3. The molecule has 6 nitrogen and oxygen atoms in total. The number of rotatable bonds is 7. The number of hydrogen-bond donors (Lipinski definition) is 2. The van der Waals surface area contributed by atoms with Crippen LogP contribution in [0.3, 0.4) is 0 Å². The van der Waals surface area contributed by atoms with Crippen LogP contribution in [0.25, 0.3) is 0 Å². The van der Waals surface area contributed by atoms with Gasteiger partial charge in [-0.3, -0.25) is 4.79 Å². The topological polar surface area (TPSA) is 92.5 Å². The van der Waals surface area contributed by atoms with Crippen molar-refractivity contribution in [3.63, 3.8) is 0 Å². The number of carbonyl (C=O) groups excluding carboxylic acids is 1. The minimum absolute atomic E-state index is 0.0823. The lowest BCUT2D eigenvalue weighted by Gasteiger charge is -2.13. The molecule has 0 radical (unpaired) electrons. The third-order valence-electron chi connectivity index (χ3n) is 2.26. The zero-order valence-corrected chi connectivity index (χ0v) is 10.9. The van der Waals surface area contributed by atoms with E-state index < -0.39 is 10.0 Å². The second-order valence-corrected chi connectivity index (χ2v) is 6.17. The zero-order valence-electron chi connectivity index (χ0n) is 10.1. The predicted molar refractivity (Wildman–Crippen MR) is 63.3 cm³/mol. The Kier molecular flexibility index (Phi) is 6.54. The predicted octanol–water partition coefficient (Wildman–Crippen LogP) is -1.02. The van der Waals surface area contributed by atoms with Gasteiger partial charge in [0, 0.05) is 26.6 Å². The van der Waals surface area contributed by atoms with E-state index in [1.807, 2.05) is 0 Å². The average molecular weight is 251 g/mol. The molecular formula is C9H21N3O3S. The molecule has 7 heteroatoms. The van der Waals surface area contributed by atoms with Gasteiger partial charge in [-0.05, 0) is 13.0 Å². The van der Waals surface area contributed by atoms with Crippen molar-refractivity contribution in [1.29, 1.82) is 0 Å². The van der Waals surface area contributed by atoms with Crippen LogP contribution in [0, 0.1) is 5.92 Å². The van der Waals surface area contributed by atoms with Gasteiger partial charge in [0.25, 0.3) is 0 Å². The molecule has 96 valence electrons. The van der Waals surface area contributed by atoms with E-state index in [9.17, 15) is 13.2 Å². The number of nitrogens with two attached hydrogens (primary N) is 1. The normalized spacial score (nSPS) is 13.8. The highest BCUT2D eigenvalue weighted by atomic mass is 32.2. The Bertz CT molecular complexity index is 314. The van der Waals surface area contributed by atoms with Gasteiger partial charge < -0.3 is 11.1 Å². The number of nitrogens with one attached hydrogen (secondary N) is 1. The maximum atomic E-state index is 11.4. The van der Waals surface area contributed by atoms with Gasteiger partial charge in [0.2, 0.25) is 15.9 Å². The molecule has 0 rings (SSSR count). The van der Waals surface area contributed by atoms with E-state index in [2.05, 4.69) is 5.32 Å². The summed E-state index contributed by atoms with van der Waals surface area (Å²) in [6, 6.07) is 0. The number of amides is 1. The summed E-state index contributed by atoms with van der Waals surface area (Å²) in [4.78, 5) is 11.4. The Hall–Kier alpha value is -0.660. The lowest BCUT2D eigenvalue weighted by atomic mass is 10.1. The second-order valence-electron chi connectivity index (χ2n) is 3.87. The van der Waals surface area contributed by atoms with Crippen molar-refractivity contribution in [2.24, 2.45) is 11.7 Å². The van der Waals surface area contributed by atoms with Gasteiger partial charge in [0.1, 0.15) is 0 Å². The van der Waals surface area contributed by atoms with Gasteiger partial charge in [-0.1, -0.05) is 6.92 Å². The SMILES string of the molecule is CC(CCN)C(=O)NCCS(=O)(=O)N(C)C. The molecule has 3 N–H and O–H groups in total. The van der Waals surface area contributed by atoms with Crippen LogP contribution in [0.15, 0.2) is 0 Å². The van der Waals surface area contributed by atoms with Crippen molar-refractivity contribution in [1.82, 2.24) is 9.62 Å². The largest absolute Gasteiger partial charge is 0.355 e. The lowest BCUT2D eigenvalue weighted by Crippen LogP contribution is -2.36. The summed E-state index contributed by atoms with van der Waals surface area (Å²) in [6.45, 7) is 2.35. The van der Waals surface area contributed by atoms with Crippen molar-refractivity contribution in [3.05, 3.63) is 0 Å². The number of hydrogen-bond acceptors (Lipinski definition) is 4. The van der Waals surface area contributed by atoms with Crippen molar-refractivity contribution in [2.45, 2.75) is 13.3 Å². The zero-order chi connectivity index (χ0) is 12.8. The maximum Gasteiger partial charge on any atom is 0.222 e. The molecule has 0 aromatic rings. The fraction of sp³-hybridized carbons (Fsp3) is 0.889. The van der Waals surface area contributed by atoms with E-state index >= 15 is 0 Å².